The topological polar surface area (TPSA) is 20.8 Å². The number of hydrogen-bond acceptors (Lipinski definition) is 2. The molecule has 0 atom stereocenters. The summed E-state index contributed by atoms with van der Waals surface area (Å²) in [4.78, 5) is 2.67. The monoisotopic (exact) mass is 730 g/mol. The Morgan fingerprint density at radius 3 is 1.75 bits per heavy atom. The molecule has 0 spiro atoms. The van der Waals surface area contributed by atoms with Crippen LogP contribution in [0.15, 0.2) is 95.4 Å². The van der Waals surface area contributed by atoms with E-state index in [-0.39, 0.29) is 28.5 Å². The van der Waals surface area contributed by atoms with Gasteiger partial charge in [-0.1, -0.05) is 126 Å². The maximum atomic E-state index is 7.21. The molecule has 4 heteroatoms. The first-order valence-corrected chi connectivity index (χ1v) is 20.6. The summed E-state index contributed by atoms with van der Waals surface area (Å²) in [7, 11) is 0. The average molecular weight is 731 g/mol. The van der Waals surface area contributed by atoms with E-state index in [1.807, 2.05) is 0 Å². The van der Waals surface area contributed by atoms with E-state index in [1.165, 1.54) is 105 Å². The molecule has 0 fully saturated rings. The summed E-state index contributed by atoms with van der Waals surface area (Å²) in [5.74, 6) is 0. The van der Waals surface area contributed by atoms with Gasteiger partial charge in [-0.3, -0.25) is 0 Å². The molecule has 0 saturated heterocycles. The van der Waals surface area contributed by atoms with E-state index in [0.29, 0.717) is 0 Å². The Morgan fingerprint density at radius 1 is 0.500 bits per heavy atom. The molecule has 9 aromatic rings. The van der Waals surface area contributed by atoms with Crippen molar-refractivity contribution in [3.8, 4) is 11.1 Å². The predicted octanol–water partition coefficient (Wildman–Crippen LogP) is 13.2. The van der Waals surface area contributed by atoms with Crippen LogP contribution in [0.1, 0.15) is 105 Å². The second kappa shape index (κ2) is 10.4. The van der Waals surface area contributed by atoms with Crippen molar-refractivity contribution >= 4 is 89.2 Å². The van der Waals surface area contributed by atoms with Crippen molar-refractivity contribution in [3.05, 3.63) is 113 Å². The van der Waals surface area contributed by atoms with E-state index in [4.69, 9.17) is 4.42 Å². The lowest BCUT2D eigenvalue weighted by atomic mass is 9.43. The number of benzene rings is 6. The Bertz CT molecular complexity index is 3160. The minimum Gasteiger partial charge on any atom is -0.455 e. The maximum absolute atomic E-state index is 7.21. The number of rotatable bonds is 1. The third kappa shape index (κ3) is 4.31. The molecule has 3 nitrogen and oxygen atoms in total. The third-order valence-electron chi connectivity index (χ3n) is 13.3. The molecule has 0 radical (unpaired) electrons. The quantitative estimate of drug-likeness (QED) is 0.157. The summed E-state index contributed by atoms with van der Waals surface area (Å²) in [6, 6.07) is 35.5. The van der Waals surface area contributed by atoms with Crippen molar-refractivity contribution in [1.82, 2.24) is 4.40 Å². The molecule has 3 aromatic heterocycles. The van der Waals surface area contributed by atoms with E-state index in [9.17, 15) is 0 Å². The smallest absolute Gasteiger partial charge is 0.333 e. The summed E-state index contributed by atoms with van der Waals surface area (Å²) in [5, 5.41) is 7.80. The van der Waals surface area contributed by atoms with Gasteiger partial charge < -0.3 is 13.6 Å². The van der Waals surface area contributed by atoms with Crippen molar-refractivity contribution in [2.45, 2.75) is 105 Å². The van der Waals surface area contributed by atoms with Crippen LogP contribution in [0.2, 0.25) is 0 Å². The predicted molar refractivity (Wildman–Crippen MR) is 242 cm³/mol. The Balaban J connectivity index is 1.42. The van der Waals surface area contributed by atoms with E-state index < -0.39 is 0 Å². The lowest BCUT2D eigenvalue weighted by Gasteiger charge is -2.41. The number of furan rings is 1. The van der Waals surface area contributed by atoms with Crippen molar-refractivity contribution in [3.63, 3.8) is 0 Å². The first-order valence-electron chi connectivity index (χ1n) is 20.6. The van der Waals surface area contributed by atoms with Crippen molar-refractivity contribution in [2.75, 3.05) is 4.81 Å². The van der Waals surface area contributed by atoms with Gasteiger partial charge in [-0.05, 0) is 103 Å². The highest BCUT2D eigenvalue weighted by Crippen LogP contribution is 2.53. The molecule has 11 rings (SSSR count). The van der Waals surface area contributed by atoms with Gasteiger partial charge in [0, 0.05) is 54.8 Å². The zero-order valence-electron chi connectivity index (χ0n) is 35.0. The highest BCUT2D eigenvalue weighted by Gasteiger charge is 2.47. The van der Waals surface area contributed by atoms with Gasteiger partial charge in [0.05, 0.1) is 16.6 Å². The number of fused-ring (bicyclic) bond motifs is 10. The molecule has 278 valence electrons. The van der Waals surface area contributed by atoms with Gasteiger partial charge in [0.25, 0.3) is 0 Å². The van der Waals surface area contributed by atoms with Crippen LogP contribution < -0.4 is 15.7 Å². The van der Waals surface area contributed by atoms with Crippen LogP contribution in [0.25, 0.3) is 71.2 Å². The Morgan fingerprint density at radius 2 is 1.09 bits per heavy atom. The Kier molecular flexibility index (Phi) is 6.32. The van der Waals surface area contributed by atoms with Crippen LogP contribution in [0.5, 0.6) is 0 Å². The van der Waals surface area contributed by atoms with Gasteiger partial charge in [-0.25, -0.2) is 0 Å². The largest absolute Gasteiger partial charge is 0.455 e. The molecule has 2 aliphatic heterocycles. The molecule has 6 aromatic carbocycles. The second-order valence-corrected chi connectivity index (χ2v) is 21.1. The summed E-state index contributed by atoms with van der Waals surface area (Å²) in [6.07, 6.45) is 0. The summed E-state index contributed by atoms with van der Waals surface area (Å²) < 4.78 is 9.89. The molecule has 0 N–H and O–H groups in total. The van der Waals surface area contributed by atoms with E-state index in [2.05, 4.69) is 183 Å². The molecule has 56 heavy (non-hydrogen) atoms. The molecule has 2 aliphatic rings. The minimum atomic E-state index is -0.0671. The molecule has 0 amide bonds. The van der Waals surface area contributed by atoms with E-state index >= 15 is 0 Å². The van der Waals surface area contributed by atoms with Crippen molar-refractivity contribution < 1.29 is 4.42 Å². The molecule has 0 bridgehead atoms. The SMILES string of the molecule is CC(C)(C)c1ccc(N2B3c4cc(C(C)(C)C)cc5c6cc(C(C)(C)C)cc7c8c9c(oc%10ccccc%109)c(c3c8n(c45)c67)-c3cc(C(C)(C)C)ccc32)cc1. The van der Waals surface area contributed by atoms with Crippen molar-refractivity contribution in [2.24, 2.45) is 0 Å². The van der Waals surface area contributed by atoms with Crippen LogP contribution >= 0.6 is 0 Å². The fourth-order valence-corrected chi connectivity index (χ4v) is 10.2. The molecule has 0 saturated carbocycles. The van der Waals surface area contributed by atoms with Crippen LogP contribution in [0.4, 0.5) is 11.4 Å². The Labute approximate surface area is 330 Å². The Hall–Kier alpha value is -5.22. The highest BCUT2D eigenvalue weighted by molar-refractivity contribution is 6.95. The van der Waals surface area contributed by atoms with Crippen LogP contribution in [0.3, 0.4) is 0 Å². The number of nitrogens with zero attached hydrogens (tertiary/aromatic N) is 2. The number of hydrogen-bond donors (Lipinski definition) is 0. The first-order chi connectivity index (χ1) is 26.3. The maximum Gasteiger partial charge on any atom is 0.333 e. The first kappa shape index (κ1) is 34.1. The van der Waals surface area contributed by atoms with Gasteiger partial charge in [-0.15, -0.1) is 0 Å². The van der Waals surface area contributed by atoms with E-state index in [1.54, 1.807) is 0 Å². The molecule has 0 aliphatic carbocycles. The van der Waals surface area contributed by atoms with Crippen LogP contribution in [0, 0.1) is 0 Å². The zero-order chi connectivity index (χ0) is 39.2. The highest BCUT2D eigenvalue weighted by atomic mass is 16.3. The average Bonchev–Trinajstić information content (AvgIpc) is 3.79. The fraction of sp³-hybridized carbons (Fsp3) is 0.308. The number of anilines is 2. The lowest BCUT2D eigenvalue weighted by molar-refractivity contribution is 0.590. The molecular weight excluding hydrogens is 679 g/mol. The van der Waals surface area contributed by atoms with Gasteiger partial charge in [0.15, 0.2) is 0 Å². The molecule has 0 unspecified atom stereocenters. The van der Waals surface area contributed by atoms with Gasteiger partial charge in [0.1, 0.15) is 11.2 Å². The minimum absolute atomic E-state index is 0.0247. The summed E-state index contributed by atoms with van der Waals surface area (Å²) >= 11 is 0. The zero-order valence-corrected chi connectivity index (χ0v) is 35.0. The molecular formula is C52H51BN2O. The lowest BCUT2D eigenvalue weighted by Crippen LogP contribution is -2.59. The number of aromatic nitrogens is 1. The van der Waals surface area contributed by atoms with Crippen LogP contribution in [-0.2, 0) is 21.7 Å². The third-order valence-corrected chi connectivity index (χ3v) is 13.3. The van der Waals surface area contributed by atoms with Gasteiger partial charge in [0.2, 0.25) is 0 Å². The standard InChI is InChI=1S/C52H51BN2O/c1-49(2,3)28-17-20-32(21-18-28)55-39-22-19-29(50(4,5)6)23-36(39)43-44-47-41(42-33-15-13-14-16-40(33)56-48(42)43)37-26-30(51(7,8)9)24-34-35-25-31(52(10,11)12)27-38(53(44)55)46(35)54(47)45(34)37/h13-27H,1-12H3. The van der Waals surface area contributed by atoms with Crippen molar-refractivity contribution in [1.29, 1.82) is 0 Å². The fourth-order valence-electron chi connectivity index (χ4n) is 10.2. The van der Waals surface area contributed by atoms with Gasteiger partial charge >= 0.3 is 6.85 Å². The normalized spacial score (nSPS) is 14.7. The second-order valence-electron chi connectivity index (χ2n) is 21.1. The van der Waals surface area contributed by atoms with Crippen LogP contribution in [-0.4, -0.2) is 11.2 Å². The summed E-state index contributed by atoms with van der Waals surface area (Å²) in [5.41, 5.74) is 19.0. The molecule has 5 heterocycles. The number of para-hydroxylation sites is 1. The van der Waals surface area contributed by atoms with Gasteiger partial charge in [-0.2, -0.15) is 0 Å². The summed E-state index contributed by atoms with van der Waals surface area (Å²) in [6.45, 7) is 28.0. The van der Waals surface area contributed by atoms with E-state index in [0.717, 1.165) is 11.2 Å².